The van der Waals surface area contributed by atoms with Crippen LogP contribution in [0.25, 0.3) is 0 Å². The Balaban J connectivity index is 1.19. The lowest BCUT2D eigenvalue weighted by Crippen LogP contribution is -2.49. The molecule has 2 aromatic carbocycles. The van der Waals surface area contributed by atoms with E-state index in [1.54, 1.807) is 0 Å². The molecule has 2 aliphatic rings. The highest BCUT2D eigenvalue weighted by Gasteiger charge is 2.44. The predicted octanol–water partition coefficient (Wildman–Crippen LogP) is 2.96. The van der Waals surface area contributed by atoms with Crippen molar-refractivity contribution in [2.24, 2.45) is 0 Å². The van der Waals surface area contributed by atoms with E-state index in [0.29, 0.717) is 6.54 Å². The molecule has 1 N–H and O–H groups in total. The third-order valence-corrected chi connectivity index (χ3v) is 6.18. The number of aryl methyl sites for hydroxylation is 1. The molecule has 1 aliphatic carbocycles. The van der Waals surface area contributed by atoms with E-state index in [4.69, 9.17) is 0 Å². The zero-order valence-electron chi connectivity index (χ0n) is 16.9. The lowest BCUT2D eigenvalue weighted by Gasteiger charge is -2.34. The topological polar surface area (TPSA) is 35.6 Å². The van der Waals surface area contributed by atoms with Gasteiger partial charge in [0.1, 0.15) is 0 Å². The minimum absolute atomic E-state index is 0.161. The number of carbonyl (C=O) groups excluding carboxylic acids is 1. The lowest BCUT2D eigenvalue weighted by atomic mass is 9.96. The normalized spacial score (nSPS) is 19.3. The van der Waals surface area contributed by atoms with E-state index >= 15 is 0 Å². The average Bonchev–Trinajstić information content (AvgIpc) is 3.50. The monoisotopic (exact) mass is 377 g/mol. The third kappa shape index (κ3) is 4.81. The summed E-state index contributed by atoms with van der Waals surface area (Å²) >= 11 is 0. The molecule has 0 radical (unpaired) electrons. The van der Waals surface area contributed by atoms with Gasteiger partial charge in [-0.1, -0.05) is 60.2 Å². The van der Waals surface area contributed by atoms with Crippen LogP contribution in [0.5, 0.6) is 0 Å². The summed E-state index contributed by atoms with van der Waals surface area (Å²) in [5.74, 6) is 0.161. The van der Waals surface area contributed by atoms with Crippen LogP contribution < -0.4 is 5.32 Å². The maximum absolute atomic E-state index is 12.5. The maximum atomic E-state index is 12.5. The fourth-order valence-electron chi connectivity index (χ4n) is 4.21. The number of hydrogen-bond acceptors (Lipinski definition) is 3. The van der Waals surface area contributed by atoms with Crippen LogP contribution in [0.4, 0.5) is 0 Å². The van der Waals surface area contributed by atoms with E-state index in [0.717, 1.165) is 39.3 Å². The molecule has 0 bridgehead atoms. The van der Waals surface area contributed by atoms with E-state index in [2.05, 4.69) is 76.6 Å². The summed E-state index contributed by atoms with van der Waals surface area (Å²) in [6, 6.07) is 19.3. The van der Waals surface area contributed by atoms with E-state index in [1.807, 2.05) is 0 Å². The molecular weight excluding hydrogens is 346 g/mol. The van der Waals surface area contributed by atoms with Crippen molar-refractivity contribution in [3.8, 4) is 0 Å². The smallest absolute Gasteiger partial charge is 0.234 e. The molecule has 1 aliphatic heterocycles. The molecule has 0 atom stereocenters. The summed E-state index contributed by atoms with van der Waals surface area (Å²) < 4.78 is 0. The summed E-state index contributed by atoms with van der Waals surface area (Å²) in [7, 11) is 0. The van der Waals surface area contributed by atoms with Crippen LogP contribution in [0, 0.1) is 6.92 Å². The van der Waals surface area contributed by atoms with Crippen molar-refractivity contribution >= 4 is 5.91 Å². The van der Waals surface area contributed by atoms with Gasteiger partial charge < -0.3 is 5.32 Å². The minimum Gasteiger partial charge on any atom is -0.354 e. The molecule has 0 aromatic heterocycles. The van der Waals surface area contributed by atoms with Crippen LogP contribution in [-0.4, -0.2) is 55.0 Å². The zero-order chi connectivity index (χ0) is 19.4. The second-order valence-corrected chi connectivity index (χ2v) is 8.46. The Morgan fingerprint density at radius 3 is 2.36 bits per heavy atom. The lowest BCUT2D eigenvalue weighted by molar-refractivity contribution is -0.122. The fraction of sp³-hybridized carbons (Fsp3) is 0.458. The van der Waals surface area contributed by atoms with Gasteiger partial charge in [-0.25, -0.2) is 0 Å². The number of carbonyl (C=O) groups is 1. The zero-order valence-corrected chi connectivity index (χ0v) is 16.9. The third-order valence-electron chi connectivity index (χ3n) is 6.18. The van der Waals surface area contributed by atoms with Gasteiger partial charge in [0.15, 0.2) is 0 Å². The van der Waals surface area contributed by atoms with Gasteiger partial charge in [0.25, 0.3) is 0 Å². The van der Waals surface area contributed by atoms with Crippen molar-refractivity contribution in [1.82, 2.24) is 15.1 Å². The first-order valence-corrected chi connectivity index (χ1v) is 10.5. The first-order valence-electron chi connectivity index (χ1n) is 10.5. The van der Waals surface area contributed by atoms with E-state index in [9.17, 15) is 4.79 Å². The minimum atomic E-state index is 0.161. The SMILES string of the molecule is Cc1cccc(CN2CCN(CC(=O)NCC3(c4ccccc4)CC3)CC2)c1. The first-order chi connectivity index (χ1) is 13.6. The largest absolute Gasteiger partial charge is 0.354 e. The molecule has 148 valence electrons. The number of piperazine rings is 1. The van der Waals surface area contributed by atoms with Crippen LogP contribution in [-0.2, 0) is 16.8 Å². The highest BCUT2D eigenvalue weighted by Crippen LogP contribution is 2.47. The second kappa shape index (κ2) is 8.46. The first kappa shape index (κ1) is 19.2. The Kier molecular flexibility index (Phi) is 5.79. The Morgan fingerprint density at radius 2 is 1.68 bits per heavy atom. The molecule has 4 nitrogen and oxygen atoms in total. The summed E-state index contributed by atoms with van der Waals surface area (Å²) in [4.78, 5) is 17.2. The van der Waals surface area contributed by atoms with Gasteiger partial charge in [0.2, 0.25) is 5.91 Å². The molecule has 2 fully saturated rings. The van der Waals surface area contributed by atoms with Gasteiger partial charge in [-0.3, -0.25) is 14.6 Å². The number of nitrogens with zero attached hydrogens (tertiary/aromatic N) is 2. The molecule has 1 heterocycles. The molecule has 0 spiro atoms. The molecule has 28 heavy (non-hydrogen) atoms. The van der Waals surface area contributed by atoms with Crippen molar-refractivity contribution < 1.29 is 4.79 Å². The van der Waals surface area contributed by atoms with Crippen LogP contribution in [0.3, 0.4) is 0 Å². The Morgan fingerprint density at radius 1 is 0.964 bits per heavy atom. The van der Waals surface area contributed by atoms with Crippen LogP contribution in [0.15, 0.2) is 54.6 Å². The number of benzene rings is 2. The summed E-state index contributed by atoms with van der Waals surface area (Å²) in [6.07, 6.45) is 2.35. The van der Waals surface area contributed by atoms with Crippen LogP contribution in [0.1, 0.15) is 29.5 Å². The summed E-state index contributed by atoms with van der Waals surface area (Å²) in [5, 5.41) is 3.19. The molecule has 0 unspecified atom stereocenters. The van der Waals surface area contributed by atoms with Crippen molar-refractivity contribution in [3.63, 3.8) is 0 Å². The molecule has 2 aromatic rings. The summed E-state index contributed by atoms with van der Waals surface area (Å²) in [5.41, 5.74) is 4.24. The Bertz CT molecular complexity index is 793. The molecule has 4 heteroatoms. The van der Waals surface area contributed by atoms with Gasteiger partial charge in [0, 0.05) is 44.7 Å². The molecule has 1 saturated heterocycles. The number of rotatable bonds is 7. The Hall–Kier alpha value is -2.17. The predicted molar refractivity (Wildman–Crippen MR) is 113 cm³/mol. The number of hydrogen-bond donors (Lipinski definition) is 1. The van der Waals surface area contributed by atoms with Crippen molar-refractivity contribution in [3.05, 3.63) is 71.3 Å². The van der Waals surface area contributed by atoms with Gasteiger partial charge in [0.05, 0.1) is 6.54 Å². The summed E-state index contributed by atoms with van der Waals surface area (Å²) in [6.45, 7) is 8.40. The van der Waals surface area contributed by atoms with Crippen molar-refractivity contribution in [2.75, 3.05) is 39.3 Å². The standard InChI is InChI=1S/C24H31N3O/c1-20-6-5-7-21(16-20)17-26-12-14-27(15-13-26)18-23(28)25-19-24(10-11-24)22-8-3-2-4-9-22/h2-9,16H,10-15,17-19H2,1H3,(H,25,28). The quantitative estimate of drug-likeness (QED) is 0.806. The fourth-order valence-corrected chi connectivity index (χ4v) is 4.21. The highest BCUT2D eigenvalue weighted by atomic mass is 16.2. The average molecular weight is 378 g/mol. The van der Waals surface area contributed by atoms with E-state index in [-0.39, 0.29) is 11.3 Å². The van der Waals surface area contributed by atoms with Gasteiger partial charge in [-0.05, 0) is 30.9 Å². The van der Waals surface area contributed by atoms with Gasteiger partial charge in [-0.2, -0.15) is 0 Å². The van der Waals surface area contributed by atoms with Crippen molar-refractivity contribution in [2.45, 2.75) is 31.7 Å². The molecule has 1 saturated carbocycles. The number of nitrogens with one attached hydrogen (secondary N) is 1. The highest BCUT2D eigenvalue weighted by molar-refractivity contribution is 5.78. The Labute approximate surface area is 168 Å². The van der Waals surface area contributed by atoms with Gasteiger partial charge >= 0.3 is 0 Å². The van der Waals surface area contributed by atoms with E-state index in [1.165, 1.54) is 29.5 Å². The maximum Gasteiger partial charge on any atom is 0.234 e. The number of amides is 1. The van der Waals surface area contributed by atoms with Crippen molar-refractivity contribution in [1.29, 1.82) is 0 Å². The van der Waals surface area contributed by atoms with Crippen LogP contribution in [0.2, 0.25) is 0 Å². The van der Waals surface area contributed by atoms with E-state index < -0.39 is 0 Å². The molecule has 4 rings (SSSR count). The van der Waals surface area contributed by atoms with Crippen LogP contribution >= 0.6 is 0 Å². The second-order valence-electron chi connectivity index (χ2n) is 8.46. The van der Waals surface area contributed by atoms with Gasteiger partial charge in [-0.15, -0.1) is 0 Å². The molecule has 1 amide bonds. The molecular formula is C24H31N3O.